The van der Waals surface area contributed by atoms with E-state index < -0.39 is 0 Å². The molecule has 0 radical (unpaired) electrons. The average molecular weight is 615 g/mol. The molecule has 5 nitrogen and oxygen atoms in total. The van der Waals surface area contributed by atoms with Gasteiger partial charge in [0.05, 0.1) is 44.8 Å². The highest BCUT2D eigenvalue weighted by Gasteiger charge is 2.21. The van der Waals surface area contributed by atoms with Crippen molar-refractivity contribution in [3.05, 3.63) is 151 Å². The molecule has 0 aliphatic carbocycles. The number of nitrogen functional groups attached to an aromatic ring is 1. The van der Waals surface area contributed by atoms with E-state index in [2.05, 4.69) is 106 Å². The van der Waals surface area contributed by atoms with Gasteiger partial charge < -0.3 is 19.3 Å². The molecule has 10 rings (SSSR count). The fourth-order valence-corrected chi connectivity index (χ4v) is 7.59. The Bertz CT molecular complexity index is 2970. The molecule has 0 aliphatic rings. The van der Waals surface area contributed by atoms with E-state index in [4.69, 9.17) is 10.2 Å². The van der Waals surface area contributed by atoms with Crippen molar-refractivity contribution in [1.29, 1.82) is 5.26 Å². The number of hydrogen-bond donors (Lipinski definition) is 1. The molecule has 5 heteroatoms. The minimum absolute atomic E-state index is 0.635. The van der Waals surface area contributed by atoms with E-state index in [1.165, 1.54) is 0 Å². The number of nitrogens with zero attached hydrogens (tertiary/aromatic N) is 3. The molecule has 7 aromatic carbocycles. The first kappa shape index (κ1) is 26.4. The molecule has 0 spiro atoms. The van der Waals surface area contributed by atoms with Crippen molar-refractivity contribution in [2.45, 2.75) is 0 Å². The Balaban J connectivity index is 1.30. The third-order valence-corrected chi connectivity index (χ3v) is 9.66. The Morgan fingerprint density at radius 2 is 1.27 bits per heavy atom. The van der Waals surface area contributed by atoms with E-state index in [0.717, 1.165) is 88.1 Å². The van der Waals surface area contributed by atoms with Gasteiger partial charge in [0, 0.05) is 43.9 Å². The van der Waals surface area contributed by atoms with Crippen LogP contribution < -0.4 is 5.73 Å². The number of benzene rings is 7. The van der Waals surface area contributed by atoms with Gasteiger partial charge in [-0.25, -0.2) is 0 Å². The zero-order valence-electron chi connectivity index (χ0n) is 25.7. The van der Waals surface area contributed by atoms with E-state index in [1.807, 2.05) is 54.6 Å². The molecule has 224 valence electrons. The summed E-state index contributed by atoms with van der Waals surface area (Å²) in [6.07, 6.45) is 0. The van der Waals surface area contributed by atoms with Crippen LogP contribution in [0.4, 0.5) is 5.69 Å². The molecule has 0 atom stereocenters. The third kappa shape index (κ3) is 3.66. The fraction of sp³-hybridized carbons (Fsp3) is 0. The molecule has 0 saturated heterocycles. The molecule has 3 aromatic heterocycles. The lowest BCUT2D eigenvalue weighted by Gasteiger charge is -2.15. The van der Waals surface area contributed by atoms with Gasteiger partial charge in [-0.05, 0) is 84.4 Å². The standard InChI is InChI=1S/C43H26N4O/c44-25-26-14-19-37-34(22-26)31-10-4-6-12-36(31)47(37)40-24-28(45)16-17-30(40)27-15-20-38-35(23-27)42-39(46(38)29-8-2-1-3-9-29)21-18-33-32-11-5-7-13-41(32)48-43(33)42/h1-24H,45H2. The molecule has 2 N–H and O–H groups in total. The van der Waals surface area contributed by atoms with Crippen LogP contribution in [-0.2, 0) is 0 Å². The number of hydrogen-bond acceptors (Lipinski definition) is 3. The molecule has 0 amide bonds. The number of nitriles is 1. The maximum Gasteiger partial charge on any atom is 0.145 e. The van der Waals surface area contributed by atoms with Crippen LogP contribution in [0.1, 0.15) is 5.56 Å². The fourth-order valence-electron chi connectivity index (χ4n) is 7.59. The van der Waals surface area contributed by atoms with Crippen molar-refractivity contribution < 1.29 is 4.42 Å². The Morgan fingerprint density at radius 1 is 0.542 bits per heavy atom. The van der Waals surface area contributed by atoms with Gasteiger partial charge in [-0.2, -0.15) is 5.26 Å². The number of aromatic nitrogens is 2. The van der Waals surface area contributed by atoms with Crippen molar-refractivity contribution in [2.24, 2.45) is 0 Å². The van der Waals surface area contributed by atoms with E-state index in [1.54, 1.807) is 0 Å². The Kier molecular flexibility index (Phi) is 5.43. The molecular formula is C43H26N4O. The number of furan rings is 1. The molecule has 3 heterocycles. The molecule has 0 fully saturated rings. The summed E-state index contributed by atoms with van der Waals surface area (Å²) in [5.41, 5.74) is 18.0. The van der Waals surface area contributed by atoms with E-state index in [-0.39, 0.29) is 0 Å². The average Bonchev–Trinajstić information content (AvgIpc) is 3.79. The van der Waals surface area contributed by atoms with Gasteiger partial charge in [-0.3, -0.25) is 0 Å². The molecule has 0 saturated carbocycles. The van der Waals surface area contributed by atoms with Crippen molar-refractivity contribution in [2.75, 3.05) is 5.73 Å². The molecule has 0 bridgehead atoms. The number of nitrogens with two attached hydrogens (primary N) is 1. The van der Waals surface area contributed by atoms with Crippen molar-refractivity contribution >= 4 is 71.2 Å². The van der Waals surface area contributed by atoms with Gasteiger partial charge in [0.2, 0.25) is 0 Å². The summed E-state index contributed by atoms with van der Waals surface area (Å²) in [7, 11) is 0. The van der Waals surface area contributed by atoms with Crippen LogP contribution >= 0.6 is 0 Å². The minimum Gasteiger partial charge on any atom is -0.455 e. The predicted octanol–water partition coefficient (Wildman–Crippen LogP) is 10.9. The summed E-state index contributed by atoms with van der Waals surface area (Å²) in [5, 5.41) is 16.2. The van der Waals surface area contributed by atoms with E-state index >= 15 is 0 Å². The SMILES string of the molecule is N#Cc1ccc2c(c1)c1ccccc1n2-c1cc(N)ccc1-c1ccc2c(c1)c1c3oc4ccccc4c3ccc1n2-c1ccccc1. The topological polar surface area (TPSA) is 72.8 Å². The number of fused-ring (bicyclic) bond motifs is 10. The normalized spacial score (nSPS) is 11.8. The lowest BCUT2D eigenvalue weighted by molar-refractivity contribution is 0.673. The zero-order chi connectivity index (χ0) is 31.9. The summed E-state index contributed by atoms with van der Waals surface area (Å²) in [5.74, 6) is 0. The van der Waals surface area contributed by atoms with Gasteiger partial charge in [0.25, 0.3) is 0 Å². The molecule has 0 aliphatic heterocycles. The van der Waals surface area contributed by atoms with Gasteiger partial charge in [0.15, 0.2) is 0 Å². The van der Waals surface area contributed by atoms with Gasteiger partial charge in [-0.15, -0.1) is 0 Å². The first-order chi connectivity index (χ1) is 23.7. The molecule has 0 unspecified atom stereocenters. The monoisotopic (exact) mass is 614 g/mol. The smallest absolute Gasteiger partial charge is 0.145 e. The first-order valence-electron chi connectivity index (χ1n) is 16.0. The third-order valence-electron chi connectivity index (χ3n) is 9.66. The van der Waals surface area contributed by atoms with Crippen LogP contribution in [0.25, 0.3) is 88.1 Å². The van der Waals surface area contributed by atoms with Crippen LogP contribution in [0.2, 0.25) is 0 Å². The largest absolute Gasteiger partial charge is 0.455 e. The zero-order valence-corrected chi connectivity index (χ0v) is 25.7. The van der Waals surface area contributed by atoms with Crippen LogP contribution in [0.15, 0.2) is 150 Å². The number of rotatable bonds is 3. The highest BCUT2D eigenvalue weighted by Crippen LogP contribution is 2.43. The predicted molar refractivity (Wildman–Crippen MR) is 197 cm³/mol. The molecule has 10 aromatic rings. The van der Waals surface area contributed by atoms with Crippen molar-refractivity contribution in [3.8, 4) is 28.6 Å². The van der Waals surface area contributed by atoms with Crippen LogP contribution in [0, 0.1) is 11.3 Å². The van der Waals surface area contributed by atoms with E-state index in [0.29, 0.717) is 11.3 Å². The van der Waals surface area contributed by atoms with Gasteiger partial charge >= 0.3 is 0 Å². The Morgan fingerprint density at radius 3 is 2.15 bits per heavy atom. The second-order valence-electron chi connectivity index (χ2n) is 12.3. The summed E-state index contributed by atoms with van der Waals surface area (Å²) >= 11 is 0. The maximum absolute atomic E-state index is 9.68. The lowest BCUT2D eigenvalue weighted by atomic mass is 9.99. The second kappa shape index (κ2) is 9.86. The van der Waals surface area contributed by atoms with Gasteiger partial charge in [-0.1, -0.05) is 66.7 Å². The summed E-state index contributed by atoms with van der Waals surface area (Å²) in [6.45, 7) is 0. The summed E-state index contributed by atoms with van der Waals surface area (Å²) in [4.78, 5) is 0. The van der Waals surface area contributed by atoms with Crippen molar-refractivity contribution in [3.63, 3.8) is 0 Å². The Hall–Kier alpha value is -6.77. The van der Waals surface area contributed by atoms with Gasteiger partial charge in [0.1, 0.15) is 11.2 Å². The minimum atomic E-state index is 0.635. The highest BCUT2D eigenvalue weighted by molar-refractivity contribution is 6.24. The lowest BCUT2D eigenvalue weighted by Crippen LogP contribution is -1.99. The first-order valence-corrected chi connectivity index (χ1v) is 16.0. The Labute approximate surface area is 274 Å². The second-order valence-corrected chi connectivity index (χ2v) is 12.3. The number of para-hydroxylation sites is 3. The van der Waals surface area contributed by atoms with Crippen LogP contribution in [-0.4, -0.2) is 9.13 Å². The summed E-state index contributed by atoms with van der Waals surface area (Å²) < 4.78 is 11.2. The quantitative estimate of drug-likeness (QED) is 0.201. The molecular weight excluding hydrogens is 589 g/mol. The number of anilines is 1. The van der Waals surface area contributed by atoms with Crippen LogP contribution in [0.5, 0.6) is 0 Å². The van der Waals surface area contributed by atoms with E-state index in [9.17, 15) is 5.26 Å². The summed E-state index contributed by atoms with van der Waals surface area (Å²) in [6, 6.07) is 52.5. The maximum atomic E-state index is 9.68. The molecule has 48 heavy (non-hydrogen) atoms. The van der Waals surface area contributed by atoms with Crippen LogP contribution in [0.3, 0.4) is 0 Å². The van der Waals surface area contributed by atoms with Crippen molar-refractivity contribution in [1.82, 2.24) is 9.13 Å². The highest BCUT2D eigenvalue weighted by atomic mass is 16.3.